The summed E-state index contributed by atoms with van der Waals surface area (Å²) in [5, 5.41) is 6.43. The average Bonchev–Trinajstić information content (AvgIpc) is 2.31. The molecule has 4 nitrogen and oxygen atoms in total. The van der Waals surface area contributed by atoms with Crippen LogP contribution >= 0.6 is 0 Å². The molecule has 0 atom stereocenters. The summed E-state index contributed by atoms with van der Waals surface area (Å²) in [4.78, 5) is 4.51. The van der Waals surface area contributed by atoms with Crippen LogP contribution in [0.1, 0.15) is 26.7 Å². The highest BCUT2D eigenvalue weighted by Gasteiger charge is 2.02. The Labute approximate surface area is 98.2 Å². The summed E-state index contributed by atoms with van der Waals surface area (Å²) in [6, 6.07) is 0. The van der Waals surface area contributed by atoms with Crippen molar-refractivity contribution in [1.29, 1.82) is 0 Å². The van der Waals surface area contributed by atoms with Gasteiger partial charge in [0.25, 0.3) is 0 Å². The number of hydrogen-bond acceptors (Lipinski definition) is 2. The highest BCUT2D eigenvalue weighted by atomic mass is 16.5. The van der Waals surface area contributed by atoms with Gasteiger partial charge in [0, 0.05) is 19.6 Å². The van der Waals surface area contributed by atoms with Crippen LogP contribution in [0.5, 0.6) is 0 Å². The fraction of sp³-hybridized carbons (Fsp3) is 0.750. The quantitative estimate of drug-likeness (QED) is 0.421. The third-order valence-electron chi connectivity index (χ3n) is 2.45. The zero-order chi connectivity index (χ0) is 11.6. The van der Waals surface area contributed by atoms with Gasteiger partial charge in [0.1, 0.15) is 0 Å². The largest absolute Gasteiger partial charge is 0.377 e. The van der Waals surface area contributed by atoms with Crippen molar-refractivity contribution in [1.82, 2.24) is 10.6 Å². The maximum absolute atomic E-state index is 5.27. The molecule has 16 heavy (non-hydrogen) atoms. The van der Waals surface area contributed by atoms with Gasteiger partial charge in [-0.2, -0.15) is 0 Å². The van der Waals surface area contributed by atoms with Gasteiger partial charge in [0.05, 0.1) is 13.2 Å². The maximum Gasteiger partial charge on any atom is 0.191 e. The van der Waals surface area contributed by atoms with Crippen LogP contribution < -0.4 is 10.6 Å². The molecule has 0 aromatic rings. The second-order valence-electron chi connectivity index (χ2n) is 3.73. The number of guanidine groups is 1. The molecule has 0 bridgehead atoms. The summed E-state index contributed by atoms with van der Waals surface area (Å²) in [5.74, 6) is 0.914. The Morgan fingerprint density at radius 2 is 2.12 bits per heavy atom. The molecule has 1 aliphatic heterocycles. The van der Waals surface area contributed by atoms with E-state index >= 15 is 0 Å². The molecule has 1 aliphatic rings. The second-order valence-corrected chi connectivity index (χ2v) is 3.73. The first-order chi connectivity index (χ1) is 7.86. The Bertz CT molecular complexity index is 241. The minimum atomic E-state index is 0.770. The predicted octanol–water partition coefficient (Wildman–Crippen LogP) is 1.30. The molecular formula is C12H23N3O. The topological polar surface area (TPSA) is 45.7 Å². The van der Waals surface area contributed by atoms with Crippen molar-refractivity contribution in [2.75, 3.05) is 32.8 Å². The van der Waals surface area contributed by atoms with Gasteiger partial charge in [-0.3, -0.25) is 4.99 Å². The van der Waals surface area contributed by atoms with E-state index in [9.17, 15) is 0 Å². The van der Waals surface area contributed by atoms with Gasteiger partial charge in [-0.1, -0.05) is 11.6 Å². The molecule has 2 N–H and O–H groups in total. The van der Waals surface area contributed by atoms with Gasteiger partial charge in [0.2, 0.25) is 0 Å². The standard InChI is InChI=1S/C12H23N3O/c1-3-13-12(14-4-2)15-8-5-11-6-9-16-10-7-11/h6H,3-5,7-10H2,1-2H3,(H2,13,14,15). The summed E-state index contributed by atoms with van der Waals surface area (Å²) in [7, 11) is 0. The van der Waals surface area contributed by atoms with Crippen molar-refractivity contribution in [3.8, 4) is 0 Å². The first kappa shape index (κ1) is 13.0. The molecule has 0 radical (unpaired) electrons. The van der Waals surface area contributed by atoms with E-state index in [1.807, 2.05) is 0 Å². The van der Waals surface area contributed by atoms with Crippen molar-refractivity contribution >= 4 is 5.96 Å². The molecule has 92 valence electrons. The van der Waals surface area contributed by atoms with Crippen LogP contribution in [0.3, 0.4) is 0 Å². The third kappa shape index (κ3) is 5.16. The summed E-state index contributed by atoms with van der Waals surface area (Å²) >= 11 is 0. The van der Waals surface area contributed by atoms with Crippen LogP contribution in [-0.4, -0.2) is 38.8 Å². The van der Waals surface area contributed by atoms with Gasteiger partial charge >= 0.3 is 0 Å². The number of nitrogens with one attached hydrogen (secondary N) is 2. The Hall–Kier alpha value is -1.03. The smallest absolute Gasteiger partial charge is 0.191 e. The SMILES string of the molecule is CCNC(=NCCC1=CCOCC1)NCC. The molecule has 0 spiro atoms. The fourth-order valence-corrected chi connectivity index (χ4v) is 1.61. The van der Waals surface area contributed by atoms with E-state index in [0.717, 1.165) is 51.6 Å². The fourth-order valence-electron chi connectivity index (χ4n) is 1.61. The molecule has 0 amide bonds. The predicted molar refractivity (Wildman–Crippen MR) is 67.8 cm³/mol. The molecular weight excluding hydrogens is 202 g/mol. The first-order valence-corrected chi connectivity index (χ1v) is 6.14. The van der Waals surface area contributed by atoms with Crippen LogP contribution in [0, 0.1) is 0 Å². The molecule has 0 saturated heterocycles. The molecule has 0 aromatic heterocycles. The summed E-state index contributed by atoms with van der Waals surface area (Å²) in [6.07, 6.45) is 4.29. The van der Waals surface area contributed by atoms with Crippen molar-refractivity contribution in [2.24, 2.45) is 4.99 Å². The van der Waals surface area contributed by atoms with Crippen molar-refractivity contribution in [3.63, 3.8) is 0 Å². The first-order valence-electron chi connectivity index (χ1n) is 6.14. The molecule has 1 rings (SSSR count). The zero-order valence-corrected chi connectivity index (χ0v) is 10.4. The Morgan fingerprint density at radius 1 is 1.38 bits per heavy atom. The van der Waals surface area contributed by atoms with Crippen molar-refractivity contribution < 1.29 is 4.74 Å². The molecule has 0 aromatic carbocycles. The summed E-state index contributed by atoms with van der Waals surface area (Å²) < 4.78 is 5.27. The molecule has 0 aliphatic carbocycles. The Morgan fingerprint density at radius 3 is 2.69 bits per heavy atom. The van der Waals surface area contributed by atoms with Crippen molar-refractivity contribution in [2.45, 2.75) is 26.7 Å². The lowest BCUT2D eigenvalue weighted by atomic mass is 10.1. The van der Waals surface area contributed by atoms with Crippen LogP contribution in [0.4, 0.5) is 0 Å². The van der Waals surface area contributed by atoms with Crippen molar-refractivity contribution in [3.05, 3.63) is 11.6 Å². The lowest BCUT2D eigenvalue weighted by molar-refractivity contribution is 0.153. The third-order valence-corrected chi connectivity index (χ3v) is 2.45. The van der Waals surface area contributed by atoms with Crippen LogP contribution in [0.25, 0.3) is 0 Å². The van der Waals surface area contributed by atoms with Gasteiger partial charge in [-0.05, 0) is 26.7 Å². The van der Waals surface area contributed by atoms with E-state index in [0.29, 0.717) is 0 Å². The van der Waals surface area contributed by atoms with E-state index < -0.39 is 0 Å². The van der Waals surface area contributed by atoms with Crippen LogP contribution in [0.2, 0.25) is 0 Å². The highest BCUT2D eigenvalue weighted by molar-refractivity contribution is 5.79. The van der Waals surface area contributed by atoms with E-state index in [4.69, 9.17) is 4.74 Å². The average molecular weight is 225 g/mol. The normalized spacial score (nSPS) is 15.2. The number of nitrogens with zero attached hydrogens (tertiary/aromatic N) is 1. The number of rotatable bonds is 5. The highest BCUT2D eigenvalue weighted by Crippen LogP contribution is 2.11. The number of ether oxygens (including phenoxy) is 1. The van der Waals surface area contributed by atoms with Gasteiger partial charge in [0.15, 0.2) is 5.96 Å². The lowest BCUT2D eigenvalue weighted by Crippen LogP contribution is -2.37. The number of aliphatic imine (C=N–C) groups is 1. The molecule has 0 saturated carbocycles. The minimum absolute atomic E-state index is 0.770. The second kappa shape index (κ2) is 8.16. The maximum atomic E-state index is 5.27. The van der Waals surface area contributed by atoms with Crippen LogP contribution in [0.15, 0.2) is 16.6 Å². The lowest BCUT2D eigenvalue weighted by Gasteiger charge is -2.13. The van der Waals surface area contributed by atoms with Gasteiger partial charge in [-0.25, -0.2) is 0 Å². The molecule has 0 fully saturated rings. The van der Waals surface area contributed by atoms with Crippen LogP contribution in [-0.2, 0) is 4.74 Å². The molecule has 1 heterocycles. The van der Waals surface area contributed by atoms with Gasteiger partial charge < -0.3 is 15.4 Å². The summed E-state index contributed by atoms with van der Waals surface area (Å²) in [5.41, 5.74) is 1.47. The van der Waals surface area contributed by atoms with E-state index in [1.54, 1.807) is 0 Å². The Kier molecular flexibility index (Phi) is 6.65. The monoisotopic (exact) mass is 225 g/mol. The van der Waals surface area contributed by atoms with E-state index in [-0.39, 0.29) is 0 Å². The van der Waals surface area contributed by atoms with E-state index in [1.165, 1.54) is 5.57 Å². The minimum Gasteiger partial charge on any atom is -0.377 e. The zero-order valence-electron chi connectivity index (χ0n) is 10.4. The molecule has 4 heteroatoms. The van der Waals surface area contributed by atoms with Gasteiger partial charge in [-0.15, -0.1) is 0 Å². The molecule has 0 unspecified atom stereocenters. The Balaban J connectivity index is 2.28. The summed E-state index contributed by atoms with van der Waals surface area (Å²) in [6.45, 7) is 8.45. The number of hydrogen-bond donors (Lipinski definition) is 2. The van der Waals surface area contributed by atoms with E-state index in [2.05, 4.69) is 35.5 Å².